The largest absolute Gasteiger partial charge is 0.462 e. The fraction of sp³-hybridized carbons (Fsp3) is 0.176. The minimum Gasteiger partial charge on any atom is -0.462 e. The molecule has 1 atom stereocenters. The lowest BCUT2D eigenvalue weighted by molar-refractivity contribution is 0.0526. The summed E-state index contributed by atoms with van der Waals surface area (Å²) in [6.45, 7) is 2.15. The molecule has 0 fully saturated rings. The van der Waals surface area contributed by atoms with Gasteiger partial charge in [-0.25, -0.2) is 4.79 Å². The van der Waals surface area contributed by atoms with Gasteiger partial charge in [0.05, 0.1) is 18.5 Å². The molecule has 1 unspecified atom stereocenters. The van der Waals surface area contributed by atoms with Crippen LogP contribution in [0.5, 0.6) is 0 Å². The predicted octanol–water partition coefficient (Wildman–Crippen LogP) is 2.94. The van der Waals surface area contributed by atoms with Gasteiger partial charge in [-0.2, -0.15) is 0 Å². The second kappa shape index (κ2) is 7.24. The summed E-state index contributed by atoms with van der Waals surface area (Å²) in [5.41, 5.74) is 8.00. The van der Waals surface area contributed by atoms with Crippen LogP contribution in [-0.4, -0.2) is 18.9 Å². The number of aliphatic imine (C=N–C) groups is 1. The van der Waals surface area contributed by atoms with Crippen LogP contribution in [0.15, 0.2) is 59.6 Å². The summed E-state index contributed by atoms with van der Waals surface area (Å²) in [4.78, 5) is 16.0. The van der Waals surface area contributed by atoms with Crippen LogP contribution in [0, 0.1) is 0 Å². The summed E-state index contributed by atoms with van der Waals surface area (Å²) >= 11 is 0. The Balaban J connectivity index is 2.28. The number of rotatable bonds is 5. The molecule has 0 heterocycles. The molecule has 0 aromatic heterocycles. The lowest BCUT2D eigenvalue weighted by atomic mass is 9.98. The second-order valence-electron chi connectivity index (χ2n) is 4.45. The van der Waals surface area contributed by atoms with Crippen LogP contribution in [0.3, 0.4) is 0 Å². The summed E-state index contributed by atoms with van der Waals surface area (Å²) in [6, 6.07) is 16.9. The Morgan fingerprint density at radius 1 is 1.14 bits per heavy atom. The van der Waals surface area contributed by atoms with Crippen molar-refractivity contribution in [3.05, 3.63) is 71.3 Å². The van der Waals surface area contributed by atoms with Crippen molar-refractivity contribution in [2.45, 2.75) is 13.0 Å². The van der Waals surface area contributed by atoms with Crippen molar-refractivity contribution in [3.63, 3.8) is 0 Å². The highest BCUT2D eigenvalue weighted by Gasteiger charge is 2.13. The number of carbonyl (C=O) groups is 1. The molecule has 0 bridgehead atoms. The number of carbonyl (C=O) groups excluding carboxylic acids is 1. The predicted molar refractivity (Wildman–Crippen MR) is 83.4 cm³/mol. The monoisotopic (exact) mass is 282 g/mol. The van der Waals surface area contributed by atoms with E-state index in [9.17, 15) is 4.79 Å². The molecule has 0 saturated heterocycles. The number of hydrogen-bond acceptors (Lipinski definition) is 3. The van der Waals surface area contributed by atoms with E-state index in [1.807, 2.05) is 42.5 Å². The van der Waals surface area contributed by atoms with Crippen LogP contribution >= 0.6 is 0 Å². The van der Waals surface area contributed by atoms with E-state index in [0.717, 1.165) is 11.1 Å². The zero-order valence-electron chi connectivity index (χ0n) is 11.9. The van der Waals surface area contributed by atoms with Crippen LogP contribution in [-0.2, 0) is 4.74 Å². The Morgan fingerprint density at radius 2 is 1.76 bits per heavy atom. The lowest BCUT2D eigenvalue weighted by Crippen LogP contribution is -2.06. The molecule has 2 N–H and O–H groups in total. The number of benzene rings is 2. The van der Waals surface area contributed by atoms with Gasteiger partial charge < -0.3 is 10.5 Å². The third-order valence-electron chi connectivity index (χ3n) is 3.09. The van der Waals surface area contributed by atoms with Gasteiger partial charge in [0.25, 0.3) is 0 Å². The van der Waals surface area contributed by atoms with Crippen molar-refractivity contribution >= 4 is 12.3 Å². The SMILES string of the molecule is CCOC(=O)c1ccc(C(N=CN)c2ccccc2)cc1. The van der Waals surface area contributed by atoms with Crippen LogP contribution in [0.1, 0.15) is 34.5 Å². The quantitative estimate of drug-likeness (QED) is 0.521. The molecule has 0 amide bonds. The van der Waals surface area contributed by atoms with E-state index in [4.69, 9.17) is 10.5 Å². The van der Waals surface area contributed by atoms with Gasteiger partial charge in [-0.15, -0.1) is 0 Å². The van der Waals surface area contributed by atoms with E-state index in [2.05, 4.69) is 4.99 Å². The molecule has 0 aliphatic heterocycles. The zero-order chi connectivity index (χ0) is 15.1. The molecule has 108 valence electrons. The number of hydrogen-bond donors (Lipinski definition) is 1. The minimum atomic E-state index is -0.317. The maximum absolute atomic E-state index is 11.6. The van der Waals surface area contributed by atoms with Crippen LogP contribution in [0.4, 0.5) is 0 Å². The first-order chi connectivity index (χ1) is 10.3. The Labute approximate surface area is 124 Å². The van der Waals surface area contributed by atoms with Crippen molar-refractivity contribution < 1.29 is 9.53 Å². The Morgan fingerprint density at radius 3 is 2.33 bits per heavy atom. The summed E-state index contributed by atoms with van der Waals surface area (Å²) in [5, 5.41) is 0. The fourth-order valence-corrected chi connectivity index (χ4v) is 2.10. The summed E-state index contributed by atoms with van der Waals surface area (Å²) in [6.07, 6.45) is 1.30. The van der Waals surface area contributed by atoms with Crippen molar-refractivity contribution in [3.8, 4) is 0 Å². The third kappa shape index (κ3) is 3.69. The molecule has 0 saturated carbocycles. The van der Waals surface area contributed by atoms with Gasteiger partial charge in [0.15, 0.2) is 0 Å². The zero-order valence-corrected chi connectivity index (χ0v) is 11.9. The van der Waals surface area contributed by atoms with Crippen LogP contribution in [0.2, 0.25) is 0 Å². The van der Waals surface area contributed by atoms with Gasteiger partial charge in [-0.1, -0.05) is 42.5 Å². The molecule has 0 spiro atoms. The third-order valence-corrected chi connectivity index (χ3v) is 3.09. The molecule has 4 heteroatoms. The van der Waals surface area contributed by atoms with Gasteiger partial charge in [0, 0.05) is 0 Å². The molecule has 21 heavy (non-hydrogen) atoms. The average Bonchev–Trinajstić information content (AvgIpc) is 2.54. The standard InChI is InChI=1S/C17H18N2O2/c1-2-21-17(20)15-10-8-14(9-11-15)16(19-12-18)13-6-4-3-5-7-13/h3-12,16H,2H2,1H3,(H2,18,19). The van der Waals surface area contributed by atoms with Gasteiger partial charge >= 0.3 is 5.97 Å². The van der Waals surface area contributed by atoms with E-state index in [-0.39, 0.29) is 12.0 Å². The minimum absolute atomic E-state index is 0.174. The van der Waals surface area contributed by atoms with Gasteiger partial charge in [0.2, 0.25) is 0 Å². The molecule has 2 aromatic rings. The smallest absolute Gasteiger partial charge is 0.338 e. The Kier molecular flexibility index (Phi) is 5.10. The molecule has 2 rings (SSSR count). The number of ether oxygens (including phenoxy) is 1. The van der Waals surface area contributed by atoms with Crippen molar-refractivity contribution in [2.24, 2.45) is 10.7 Å². The highest BCUT2D eigenvalue weighted by atomic mass is 16.5. The van der Waals surface area contributed by atoms with Crippen molar-refractivity contribution in [1.82, 2.24) is 0 Å². The fourth-order valence-electron chi connectivity index (χ4n) is 2.10. The van der Waals surface area contributed by atoms with Gasteiger partial charge in [0.1, 0.15) is 6.04 Å². The molecular weight excluding hydrogens is 264 g/mol. The Hall–Kier alpha value is -2.62. The molecular formula is C17H18N2O2. The first-order valence-electron chi connectivity index (χ1n) is 6.81. The maximum atomic E-state index is 11.6. The van der Waals surface area contributed by atoms with Crippen LogP contribution < -0.4 is 5.73 Å². The molecule has 0 aliphatic carbocycles. The van der Waals surface area contributed by atoms with E-state index < -0.39 is 0 Å². The summed E-state index contributed by atoms with van der Waals surface area (Å²) in [5.74, 6) is -0.317. The van der Waals surface area contributed by atoms with Crippen molar-refractivity contribution in [1.29, 1.82) is 0 Å². The molecule has 4 nitrogen and oxygen atoms in total. The topological polar surface area (TPSA) is 64.7 Å². The van der Waals surface area contributed by atoms with E-state index in [1.165, 1.54) is 6.34 Å². The van der Waals surface area contributed by atoms with Gasteiger partial charge in [-0.3, -0.25) is 4.99 Å². The highest BCUT2D eigenvalue weighted by Crippen LogP contribution is 2.25. The lowest BCUT2D eigenvalue weighted by Gasteiger charge is -2.13. The normalized spacial score (nSPS) is 12.2. The van der Waals surface area contributed by atoms with E-state index in [0.29, 0.717) is 12.2 Å². The number of nitrogens with two attached hydrogens (primary N) is 1. The highest BCUT2D eigenvalue weighted by molar-refractivity contribution is 5.89. The molecule has 0 aliphatic rings. The maximum Gasteiger partial charge on any atom is 0.338 e. The van der Waals surface area contributed by atoms with Gasteiger partial charge in [-0.05, 0) is 30.2 Å². The summed E-state index contributed by atoms with van der Waals surface area (Å²) < 4.78 is 4.97. The second-order valence-corrected chi connectivity index (χ2v) is 4.45. The molecule has 2 aromatic carbocycles. The Bertz CT molecular complexity index is 606. The van der Waals surface area contributed by atoms with Crippen LogP contribution in [0.25, 0.3) is 0 Å². The first kappa shape index (κ1) is 14.8. The average molecular weight is 282 g/mol. The molecule has 0 radical (unpaired) electrons. The van der Waals surface area contributed by atoms with E-state index in [1.54, 1.807) is 19.1 Å². The first-order valence-corrected chi connectivity index (χ1v) is 6.81. The number of nitrogens with zero attached hydrogens (tertiary/aromatic N) is 1. The number of esters is 1. The summed E-state index contributed by atoms with van der Waals surface area (Å²) in [7, 11) is 0. The van der Waals surface area contributed by atoms with Crippen molar-refractivity contribution in [2.75, 3.05) is 6.61 Å². The van der Waals surface area contributed by atoms with E-state index >= 15 is 0 Å².